The minimum Gasteiger partial charge on any atom is -0.380 e. The van der Waals surface area contributed by atoms with Crippen molar-refractivity contribution >= 4 is 77.9 Å². The van der Waals surface area contributed by atoms with Gasteiger partial charge in [-0.3, -0.25) is 34.5 Å². The van der Waals surface area contributed by atoms with Crippen molar-refractivity contribution in [3.8, 4) is 0 Å². The van der Waals surface area contributed by atoms with Gasteiger partial charge < -0.3 is 15.1 Å². The molecule has 4 aromatic carbocycles. The van der Waals surface area contributed by atoms with Crippen LogP contribution in [0.1, 0.15) is 85.3 Å². The number of nitrogens with one attached hydrogen (secondary N) is 3. The van der Waals surface area contributed by atoms with Crippen LogP contribution in [0.2, 0.25) is 5.02 Å². The van der Waals surface area contributed by atoms with Gasteiger partial charge in [0.2, 0.25) is 11.8 Å². The number of allylic oxidation sites excluding steroid dienone is 1. The van der Waals surface area contributed by atoms with Crippen LogP contribution in [0.3, 0.4) is 0 Å². The fraction of sp³-hybridized carbons (Fsp3) is 0.414. The number of hydrogen-bond donors (Lipinski definition) is 3. The molecular formula is C58H66ClF3N8O7S3. The Balaban J connectivity index is 0.833. The summed E-state index contributed by atoms with van der Waals surface area (Å²) in [6.07, 6.45) is 7.60. The molecule has 3 aliphatic heterocycles. The predicted molar refractivity (Wildman–Crippen MR) is 306 cm³/mol. The summed E-state index contributed by atoms with van der Waals surface area (Å²) in [6, 6.07) is 27.6. The number of carbonyl (C=O) groups excluding carboxylic acids is 3. The van der Waals surface area contributed by atoms with E-state index in [1.807, 2.05) is 53.3 Å². The highest BCUT2D eigenvalue weighted by atomic mass is 35.5. The molecule has 0 bridgehead atoms. The van der Waals surface area contributed by atoms with E-state index in [-0.39, 0.29) is 29.2 Å². The maximum Gasteiger partial charge on any atom is 0.501 e. The molecule has 0 spiro atoms. The second-order valence-electron chi connectivity index (χ2n) is 21.8. The van der Waals surface area contributed by atoms with E-state index in [1.165, 1.54) is 40.6 Å². The van der Waals surface area contributed by atoms with Gasteiger partial charge in [0.25, 0.3) is 25.8 Å². The fourth-order valence-corrected chi connectivity index (χ4v) is 14.0. The number of rotatable bonds is 19. The van der Waals surface area contributed by atoms with Crippen LogP contribution in [0.25, 0.3) is 5.57 Å². The van der Waals surface area contributed by atoms with Gasteiger partial charge in [-0.15, -0.1) is 11.8 Å². The zero-order chi connectivity index (χ0) is 56.8. The average molecular weight is 1180 g/mol. The van der Waals surface area contributed by atoms with Crippen molar-refractivity contribution in [1.82, 2.24) is 29.7 Å². The van der Waals surface area contributed by atoms with E-state index < -0.39 is 58.7 Å². The number of nitrogens with zero attached hydrogens (tertiary/aromatic N) is 5. The number of alkyl halides is 3. The van der Waals surface area contributed by atoms with Gasteiger partial charge >= 0.3 is 5.51 Å². The molecule has 3 fully saturated rings. The van der Waals surface area contributed by atoms with Crippen molar-refractivity contribution in [3.63, 3.8) is 0 Å². The normalized spacial score (nSPS) is 19.4. The number of thioether (sulfide) groups is 1. The lowest BCUT2D eigenvalue weighted by Gasteiger charge is -2.39. The summed E-state index contributed by atoms with van der Waals surface area (Å²) in [5.74, 6) is -1.79. The maximum atomic E-state index is 14.5. The van der Waals surface area contributed by atoms with Crippen molar-refractivity contribution in [2.45, 2.75) is 91.1 Å². The van der Waals surface area contributed by atoms with Gasteiger partial charge in [0.1, 0.15) is 4.90 Å². The number of imide groups is 1. The molecule has 0 radical (unpaired) electrons. The van der Waals surface area contributed by atoms with Crippen molar-refractivity contribution in [2.75, 3.05) is 81.4 Å². The largest absolute Gasteiger partial charge is 0.501 e. The standard InChI is InChI=1S/C58H66ClF3N8O7S3/c1-57(2)22-20-50(41-8-12-45(59)13-9-41)44(34-57)38-69-28-30-70(31-29-69)47-14-10-42(11-15-47)55(72)66-80(76,77)49-16-18-52(53(33-49)79(74,75)58(60,61)62)64-46(39-78-48-6-4-3-5-7-48)21-23-67-24-26-68(27-25-67)37-40-32-43(36-63-35-40)51-17-19-54(71)65-56(51)73/h3-16,18,32-33,35-36,46,51,64H,17,19-31,34,37-39H2,1-2H3,(H,66,72)(H,65,71,73)/t46-,51?/m1/s1. The predicted octanol–water partition coefficient (Wildman–Crippen LogP) is 9.23. The Bertz CT molecular complexity index is 3300. The molecule has 3 saturated heterocycles. The quantitative estimate of drug-likeness (QED) is 0.0526. The third kappa shape index (κ3) is 14.8. The molecule has 3 N–H and O–H groups in total. The highest BCUT2D eigenvalue weighted by molar-refractivity contribution is 7.99. The summed E-state index contributed by atoms with van der Waals surface area (Å²) in [6.45, 7) is 12.3. The van der Waals surface area contributed by atoms with E-state index in [4.69, 9.17) is 11.6 Å². The van der Waals surface area contributed by atoms with Crippen molar-refractivity contribution < 1.29 is 44.4 Å². The molecule has 1 unspecified atom stereocenters. The van der Waals surface area contributed by atoms with Crippen LogP contribution in [-0.2, 0) is 36.0 Å². The first kappa shape index (κ1) is 58.8. The Morgan fingerprint density at radius 3 is 2.19 bits per heavy atom. The van der Waals surface area contributed by atoms with Crippen LogP contribution in [0.5, 0.6) is 0 Å². The second-order valence-corrected chi connectivity index (χ2v) is 26.9. The number of piperidine rings is 1. The summed E-state index contributed by atoms with van der Waals surface area (Å²) >= 11 is 7.64. The zero-order valence-electron chi connectivity index (χ0n) is 44.7. The number of aromatic nitrogens is 1. The number of sulfone groups is 1. The molecule has 15 nitrogen and oxygen atoms in total. The van der Waals surface area contributed by atoms with Gasteiger partial charge in [-0.05, 0) is 127 Å². The van der Waals surface area contributed by atoms with Crippen LogP contribution >= 0.6 is 23.4 Å². The van der Waals surface area contributed by atoms with Crippen LogP contribution in [-0.4, -0.2) is 137 Å². The lowest BCUT2D eigenvalue weighted by atomic mass is 9.73. The van der Waals surface area contributed by atoms with Crippen molar-refractivity contribution in [1.29, 1.82) is 0 Å². The summed E-state index contributed by atoms with van der Waals surface area (Å²) < 4.78 is 99.5. The molecule has 5 aromatic rings. The Morgan fingerprint density at radius 2 is 1.50 bits per heavy atom. The number of carbonyl (C=O) groups is 3. The summed E-state index contributed by atoms with van der Waals surface area (Å²) in [4.78, 5) is 50.0. The van der Waals surface area contributed by atoms with E-state index in [2.05, 4.69) is 61.2 Å². The van der Waals surface area contributed by atoms with E-state index >= 15 is 0 Å². The van der Waals surface area contributed by atoms with Crippen LogP contribution < -0.4 is 20.3 Å². The molecule has 80 heavy (non-hydrogen) atoms. The molecule has 426 valence electrons. The number of halogens is 4. The number of hydrogen-bond acceptors (Lipinski definition) is 14. The van der Waals surface area contributed by atoms with Gasteiger partial charge in [0.05, 0.1) is 16.5 Å². The van der Waals surface area contributed by atoms with Crippen LogP contribution in [0.15, 0.2) is 136 Å². The molecule has 4 heterocycles. The Labute approximate surface area is 475 Å². The monoisotopic (exact) mass is 1170 g/mol. The number of piperazine rings is 2. The molecule has 22 heteroatoms. The lowest BCUT2D eigenvalue weighted by molar-refractivity contribution is -0.134. The van der Waals surface area contributed by atoms with Crippen molar-refractivity contribution in [2.24, 2.45) is 5.41 Å². The molecule has 0 saturated carbocycles. The molecule has 2 atom stereocenters. The van der Waals surface area contributed by atoms with Gasteiger partial charge in [0.15, 0.2) is 0 Å². The maximum absolute atomic E-state index is 14.5. The van der Waals surface area contributed by atoms with E-state index in [0.717, 1.165) is 85.8 Å². The molecular weight excluding hydrogens is 1110 g/mol. The minimum absolute atomic E-state index is 0.0201. The van der Waals surface area contributed by atoms with E-state index in [1.54, 1.807) is 24.5 Å². The molecule has 4 aliphatic rings. The van der Waals surface area contributed by atoms with Gasteiger partial charge in [-0.25, -0.2) is 21.6 Å². The van der Waals surface area contributed by atoms with E-state index in [9.17, 15) is 44.4 Å². The molecule has 1 aliphatic carbocycles. The third-order valence-electron chi connectivity index (χ3n) is 15.4. The first-order valence-corrected chi connectivity index (χ1v) is 31.2. The molecule has 3 amide bonds. The highest BCUT2D eigenvalue weighted by Gasteiger charge is 2.48. The topological polar surface area (TPSA) is 181 Å². The molecule has 9 rings (SSSR count). The Hall–Kier alpha value is -5.81. The number of amides is 3. The SMILES string of the molecule is CC1(C)CCC(c2ccc(Cl)cc2)=C(CN2CCN(c3ccc(C(=O)NS(=O)(=O)c4ccc(N[C@H](CCN5CCN(Cc6cncc(C7CCC(=O)NC7=O)c6)CC5)CSc5ccccc5)c(S(=O)(=O)C(F)(F)F)c4)cc3)CC2)C1. The lowest BCUT2D eigenvalue weighted by Crippen LogP contribution is -2.47. The van der Waals surface area contributed by atoms with Crippen LogP contribution in [0.4, 0.5) is 24.5 Å². The number of benzene rings is 4. The number of anilines is 2. The summed E-state index contributed by atoms with van der Waals surface area (Å²) in [5, 5.41) is 6.14. The first-order valence-electron chi connectivity index (χ1n) is 26.8. The Kier molecular flexibility index (Phi) is 18.5. The van der Waals surface area contributed by atoms with Gasteiger partial charge in [-0.1, -0.05) is 67.4 Å². The Morgan fingerprint density at radius 1 is 0.825 bits per heavy atom. The highest BCUT2D eigenvalue weighted by Crippen LogP contribution is 2.43. The fourth-order valence-electron chi connectivity index (χ4n) is 10.9. The van der Waals surface area contributed by atoms with Crippen molar-refractivity contribution in [3.05, 3.63) is 148 Å². The first-order chi connectivity index (χ1) is 38.1. The summed E-state index contributed by atoms with van der Waals surface area (Å²) in [7, 11) is -11.0. The van der Waals surface area contributed by atoms with Gasteiger partial charge in [0, 0.05) is 124 Å². The minimum atomic E-state index is -6.13. The third-order valence-corrected chi connectivity index (χ3v) is 19.7. The average Bonchev–Trinajstić information content (AvgIpc) is 3.43. The second kappa shape index (κ2) is 25.1. The number of pyridine rings is 1. The summed E-state index contributed by atoms with van der Waals surface area (Å²) in [5.41, 5.74) is 0.510. The van der Waals surface area contributed by atoms with Crippen LogP contribution in [0, 0.1) is 5.41 Å². The molecule has 1 aromatic heterocycles. The zero-order valence-corrected chi connectivity index (χ0v) is 47.9. The number of sulfonamides is 1. The van der Waals surface area contributed by atoms with E-state index in [0.29, 0.717) is 69.0 Å². The van der Waals surface area contributed by atoms with Gasteiger partial charge in [-0.2, -0.15) is 13.2 Å². The smallest absolute Gasteiger partial charge is 0.380 e.